The highest BCUT2D eigenvalue weighted by atomic mass is 32.1. The second-order valence-electron chi connectivity index (χ2n) is 3.33. The van der Waals surface area contributed by atoms with Gasteiger partial charge >= 0.3 is 0 Å². The average molecular weight is 209 g/mol. The lowest BCUT2D eigenvalue weighted by Gasteiger charge is -2.13. The van der Waals surface area contributed by atoms with E-state index >= 15 is 0 Å². The molecule has 76 valence electrons. The molecule has 0 spiro atoms. The molecule has 0 bridgehead atoms. The highest BCUT2D eigenvalue weighted by Gasteiger charge is 2.09. The summed E-state index contributed by atoms with van der Waals surface area (Å²) in [6, 6.07) is 6.06. The van der Waals surface area contributed by atoms with Crippen molar-refractivity contribution in [2.45, 2.75) is 6.04 Å². The summed E-state index contributed by atoms with van der Waals surface area (Å²) in [4.78, 5) is 3.18. The fraction of sp³-hybridized carbons (Fsp3) is 0.500. The molecule has 0 amide bonds. The zero-order valence-corrected chi connectivity index (χ0v) is 9.34. The van der Waals surface area contributed by atoms with Gasteiger partial charge in [-0.1, -0.05) is 6.07 Å². The molecular weight excluding hydrogens is 194 g/mol. The summed E-state index contributed by atoms with van der Waals surface area (Å²) >= 11 is 1.62. The monoisotopic (exact) mass is 209 g/mol. The van der Waals surface area contributed by atoms with Gasteiger partial charge in [-0.25, -0.2) is 0 Å². The predicted molar refractivity (Wildman–Crippen MR) is 59.2 cm³/mol. The van der Waals surface area contributed by atoms with Crippen molar-refractivity contribution in [3.63, 3.8) is 0 Å². The molecule has 4 heteroatoms. The van der Waals surface area contributed by atoms with E-state index in [1.807, 2.05) is 31.6 Å². The Balaban J connectivity index is 2.38. The van der Waals surface area contributed by atoms with Crippen LogP contribution in [0.1, 0.15) is 10.9 Å². The van der Waals surface area contributed by atoms with Crippen LogP contribution in [-0.4, -0.2) is 32.1 Å². The minimum atomic E-state index is -0.157. The van der Waals surface area contributed by atoms with Crippen LogP contribution in [0.5, 0.6) is 0 Å². The molecule has 0 saturated carbocycles. The third kappa shape index (κ3) is 3.46. The van der Waals surface area contributed by atoms with E-state index in [0.717, 1.165) is 18.0 Å². The topological polar surface area (TPSA) is 39.1 Å². The van der Waals surface area contributed by atoms with Crippen molar-refractivity contribution in [3.05, 3.63) is 22.4 Å². The van der Waals surface area contributed by atoms with Gasteiger partial charge in [0.15, 0.2) is 0 Å². The normalized spacial score (nSPS) is 12.7. The van der Waals surface area contributed by atoms with Crippen LogP contribution >= 0.6 is 11.3 Å². The third-order valence-corrected chi connectivity index (χ3v) is 2.80. The predicted octanol–water partition coefficient (Wildman–Crippen LogP) is 1.46. The Morgan fingerprint density at radius 2 is 2.43 bits per heavy atom. The summed E-state index contributed by atoms with van der Waals surface area (Å²) in [5.74, 6) is 0. The van der Waals surface area contributed by atoms with Gasteiger partial charge < -0.3 is 4.90 Å². The van der Waals surface area contributed by atoms with Crippen LogP contribution in [0.2, 0.25) is 0 Å². The lowest BCUT2D eigenvalue weighted by Crippen LogP contribution is -2.28. The molecular formula is C10H15N3S. The Labute approximate surface area is 89.0 Å². The van der Waals surface area contributed by atoms with Crippen molar-refractivity contribution in [1.29, 1.82) is 5.26 Å². The summed E-state index contributed by atoms with van der Waals surface area (Å²) < 4.78 is 0. The minimum absolute atomic E-state index is 0.157. The fourth-order valence-corrected chi connectivity index (χ4v) is 1.84. The summed E-state index contributed by atoms with van der Waals surface area (Å²) in [6.07, 6.45) is 0. The van der Waals surface area contributed by atoms with Crippen LogP contribution in [-0.2, 0) is 0 Å². The highest BCUT2D eigenvalue weighted by Crippen LogP contribution is 2.17. The molecule has 1 aromatic rings. The average Bonchev–Trinajstić information content (AvgIpc) is 2.64. The first-order valence-corrected chi connectivity index (χ1v) is 5.43. The largest absolute Gasteiger partial charge is 0.308 e. The lowest BCUT2D eigenvalue weighted by atomic mass is 10.2. The van der Waals surface area contributed by atoms with E-state index < -0.39 is 0 Å². The number of nitriles is 1. The van der Waals surface area contributed by atoms with Crippen LogP contribution in [0.4, 0.5) is 0 Å². The van der Waals surface area contributed by atoms with Gasteiger partial charge in [0.1, 0.15) is 6.04 Å². The summed E-state index contributed by atoms with van der Waals surface area (Å²) in [7, 11) is 4.04. The second-order valence-corrected chi connectivity index (χ2v) is 4.31. The molecule has 1 rings (SSSR count). The summed E-state index contributed by atoms with van der Waals surface area (Å²) in [5.41, 5.74) is 0. The maximum Gasteiger partial charge on any atom is 0.130 e. The van der Waals surface area contributed by atoms with E-state index in [2.05, 4.69) is 16.3 Å². The number of nitrogens with zero attached hydrogens (tertiary/aromatic N) is 2. The Kier molecular flexibility index (Phi) is 4.60. The number of nitrogens with one attached hydrogen (secondary N) is 1. The lowest BCUT2D eigenvalue weighted by molar-refractivity contribution is 0.395. The van der Waals surface area contributed by atoms with Crippen molar-refractivity contribution in [2.24, 2.45) is 0 Å². The van der Waals surface area contributed by atoms with Gasteiger partial charge in [0, 0.05) is 18.0 Å². The molecule has 0 aliphatic heterocycles. The smallest absolute Gasteiger partial charge is 0.130 e. The van der Waals surface area contributed by atoms with Crippen molar-refractivity contribution in [1.82, 2.24) is 10.2 Å². The first-order valence-electron chi connectivity index (χ1n) is 4.55. The molecule has 1 atom stereocenters. The molecule has 0 saturated heterocycles. The molecule has 0 aromatic carbocycles. The first kappa shape index (κ1) is 11.2. The van der Waals surface area contributed by atoms with Gasteiger partial charge in [-0.3, -0.25) is 5.32 Å². The molecule has 0 aliphatic carbocycles. The molecule has 1 N–H and O–H groups in total. The second kappa shape index (κ2) is 5.76. The summed E-state index contributed by atoms with van der Waals surface area (Å²) in [6.45, 7) is 1.78. The third-order valence-electron chi connectivity index (χ3n) is 1.86. The van der Waals surface area contributed by atoms with Gasteiger partial charge in [-0.2, -0.15) is 5.26 Å². The molecule has 1 heterocycles. The Morgan fingerprint density at radius 1 is 1.64 bits per heavy atom. The Bertz CT molecular complexity index is 287. The molecule has 14 heavy (non-hydrogen) atoms. The van der Waals surface area contributed by atoms with Crippen LogP contribution in [0.3, 0.4) is 0 Å². The first-order chi connectivity index (χ1) is 6.74. The molecule has 3 nitrogen and oxygen atoms in total. The maximum atomic E-state index is 8.94. The Hall–Kier alpha value is -0.890. The zero-order chi connectivity index (χ0) is 10.4. The summed E-state index contributed by atoms with van der Waals surface area (Å²) in [5, 5.41) is 14.1. The quantitative estimate of drug-likeness (QED) is 0.798. The van der Waals surface area contributed by atoms with Gasteiger partial charge in [-0.15, -0.1) is 11.3 Å². The van der Waals surface area contributed by atoms with Crippen molar-refractivity contribution in [2.75, 3.05) is 27.2 Å². The molecule has 0 radical (unpaired) electrons. The van der Waals surface area contributed by atoms with Gasteiger partial charge in [0.25, 0.3) is 0 Å². The van der Waals surface area contributed by atoms with Crippen LogP contribution in [0, 0.1) is 11.3 Å². The van der Waals surface area contributed by atoms with Crippen LogP contribution in [0.15, 0.2) is 17.5 Å². The number of hydrogen-bond acceptors (Lipinski definition) is 4. The van der Waals surface area contributed by atoms with Crippen molar-refractivity contribution < 1.29 is 0 Å². The van der Waals surface area contributed by atoms with E-state index in [1.165, 1.54) is 0 Å². The fourth-order valence-electron chi connectivity index (χ4n) is 1.10. The minimum Gasteiger partial charge on any atom is -0.308 e. The van der Waals surface area contributed by atoms with Gasteiger partial charge in [0.05, 0.1) is 6.07 Å². The van der Waals surface area contributed by atoms with Crippen molar-refractivity contribution >= 4 is 11.3 Å². The zero-order valence-electron chi connectivity index (χ0n) is 8.53. The van der Waals surface area contributed by atoms with Gasteiger partial charge in [-0.05, 0) is 25.5 Å². The SMILES string of the molecule is CN(C)CCNC(C#N)c1cccs1. The highest BCUT2D eigenvalue weighted by molar-refractivity contribution is 7.10. The molecule has 1 aromatic heterocycles. The van der Waals surface area contributed by atoms with E-state index in [0.29, 0.717) is 0 Å². The van der Waals surface area contributed by atoms with E-state index in [4.69, 9.17) is 5.26 Å². The van der Waals surface area contributed by atoms with Crippen molar-refractivity contribution in [3.8, 4) is 6.07 Å². The van der Waals surface area contributed by atoms with Crippen LogP contribution < -0.4 is 5.32 Å². The number of thiophene rings is 1. The molecule has 0 fully saturated rings. The van der Waals surface area contributed by atoms with E-state index in [1.54, 1.807) is 11.3 Å². The Morgan fingerprint density at radius 3 is 2.93 bits per heavy atom. The standard InChI is InChI=1S/C10H15N3S/c1-13(2)6-5-12-9(8-11)10-4-3-7-14-10/h3-4,7,9,12H,5-6H2,1-2H3. The molecule has 1 unspecified atom stereocenters. The number of rotatable bonds is 5. The van der Waals surface area contributed by atoms with Crippen LogP contribution in [0.25, 0.3) is 0 Å². The van der Waals surface area contributed by atoms with Gasteiger partial charge in [0.2, 0.25) is 0 Å². The maximum absolute atomic E-state index is 8.94. The number of hydrogen-bond donors (Lipinski definition) is 1. The molecule has 0 aliphatic rings. The number of likely N-dealkylation sites (N-methyl/N-ethyl adjacent to an activating group) is 1. The van der Waals surface area contributed by atoms with E-state index in [-0.39, 0.29) is 6.04 Å². The van der Waals surface area contributed by atoms with E-state index in [9.17, 15) is 0 Å².